The van der Waals surface area contributed by atoms with E-state index in [1.54, 1.807) is 24.4 Å². The summed E-state index contributed by atoms with van der Waals surface area (Å²) in [6.07, 6.45) is 2.00. The number of Topliss-reactive ketones (excluding diaryl/α,β-unsaturated/α-hetero) is 1. The molecule has 0 saturated carbocycles. The minimum Gasteiger partial charge on any atom is -0.454 e. The van der Waals surface area contributed by atoms with E-state index in [0.717, 1.165) is 16.6 Å². The molecule has 0 N–H and O–H groups in total. The van der Waals surface area contributed by atoms with Crippen LogP contribution in [0.1, 0.15) is 27.1 Å². The van der Waals surface area contributed by atoms with E-state index in [-0.39, 0.29) is 17.1 Å². The molecular formula is C23H18N4O5S2. The average Bonchev–Trinajstić information content (AvgIpc) is 3.37. The van der Waals surface area contributed by atoms with E-state index in [2.05, 4.69) is 10.5 Å². The van der Waals surface area contributed by atoms with E-state index in [1.807, 2.05) is 33.7 Å². The molecule has 2 aliphatic heterocycles. The number of fused-ring (bicyclic) bond motifs is 4. The SMILES string of the molecule is N#CCCn1cc(C(=O)COC(=O)c2ccc3c(c2)SC2=NS(=O)(=O)CCN23)c2ccccc21. The fourth-order valence-electron chi connectivity index (χ4n) is 3.97. The molecule has 3 heterocycles. The summed E-state index contributed by atoms with van der Waals surface area (Å²) in [5.74, 6) is -1.05. The highest BCUT2D eigenvalue weighted by atomic mass is 32.2. The van der Waals surface area contributed by atoms with Crippen molar-refractivity contribution < 1.29 is 22.7 Å². The third-order valence-corrected chi connectivity index (χ3v) is 7.90. The van der Waals surface area contributed by atoms with Gasteiger partial charge in [0.15, 0.2) is 11.8 Å². The second-order valence-corrected chi connectivity index (χ2v) is 10.5. The molecule has 3 aromatic rings. The zero-order valence-electron chi connectivity index (χ0n) is 17.8. The zero-order valence-corrected chi connectivity index (χ0v) is 19.4. The minimum atomic E-state index is -3.47. The first-order chi connectivity index (χ1) is 16.4. The number of anilines is 1. The fourth-order valence-corrected chi connectivity index (χ4v) is 6.27. The van der Waals surface area contributed by atoms with Gasteiger partial charge < -0.3 is 14.2 Å². The smallest absolute Gasteiger partial charge is 0.338 e. The Labute approximate surface area is 199 Å². The van der Waals surface area contributed by atoms with Gasteiger partial charge in [-0.3, -0.25) is 4.79 Å². The highest BCUT2D eigenvalue weighted by Gasteiger charge is 2.33. The molecule has 11 heteroatoms. The number of hydrogen-bond acceptors (Lipinski definition) is 8. The topological polar surface area (TPSA) is 122 Å². The van der Waals surface area contributed by atoms with E-state index in [9.17, 15) is 18.0 Å². The average molecular weight is 495 g/mol. The van der Waals surface area contributed by atoms with Crippen LogP contribution >= 0.6 is 11.8 Å². The van der Waals surface area contributed by atoms with Gasteiger partial charge in [0.25, 0.3) is 10.0 Å². The number of amidine groups is 1. The Kier molecular flexibility index (Phi) is 5.63. The van der Waals surface area contributed by atoms with Crippen molar-refractivity contribution >= 4 is 55.3 Å². The number of carbonyl (C=O) groups excluding carboxylic acids is 2. The number of benzene rings is 2. The molecule has 0 amide bonds. The molecule has 34 heavy (non-hydrogen) atoms. The number of thioether (sulfide) groups is 1. The monoisotopic (exact) mass is 494 g/mol. The summed E-state index contributed by atoms with van der Waals surface area (Å²) in [5.41, 5.74) is 2.32. The van der Waals surface area contributed by atoms with Crippen LogP contribution in [0, 0.1) is 11.3 Å². The molecule has 0 radical (unpaired) electrons. The molecule has 172 valence electrons. The van der Waals surface area contributed by atoms with Crippen molar-refractivity contribution in [3.05, 3.63) is 59.8 Å². The van der Waals surface area contributed by atoms with Gasteiger partial charge in [-0.1, -0.05) is 18.2 Å². The molecule has 5 rings (SSSR count). The van der Waals surface area contributed by atoms with Crippen LogP contribution in [-0.2, 0) is 21.3 Å². The van der Waals surface area contributed by atoms with E-state index < -0.39 is 22.6 Å². The molecule has 0 unspecified atom stereocenters. The number of ketones is 1. The van der Waals surface area contributed by atoms with Crippen molar-refractivity contribution in [1.29, 1.82) is 5.26 Å². The van der Waals surface area contributed by atoms with Crippen LogP contribution in [0.5, 0.6) is 0 Å². The number of carbonyl (C=O) groups is 2. The summed E-state index contributed by atoms with van der Waals surface area (Å²) in [6.45, 7) is 0.342. The van der Waals surface area contributed by atoms with Crippen molar-refractivity contribution in [1.82, 2.24) is 4.57 Å². The highest BCUT2D eigenvalue weighted by Crippen LogP contribution is 2.42. The number of aromatic nitrogens is 1. The maximum absolute atomic E-state index is 12.9. The number of nitrogens with zero attached hydrogens (tertiary/aromatic N) is 4. The predicted octanol–water partition coefficient (Wildman–Crippen LogP) is 3.21. The van der Waals surface area contributed by atoms with Crippen molar-refractivity contribution in [2.24, 2.45) is 4.40 Å². The van der Waals surface area contributed by atoms with Crippen LogP contribution in [-0.4, -0.2) is 48.8 Å². The summed E-state index contributed by atoms with van der Waals surface area (Å²) < 4.78 is 34.5. The third-order valence-electron chi connectivity index (χ3n) is 5.60. The Morgan fingerprint density at radius 3 is 2.85 bits per heavy atom. The maximum Gasteiger partial charge on any atom is 0.338 e. The van der Waals surface area contributed by atoms with Crippen molar-refractivity contribution in [3.63, 3.8) is 0 Å². The first kappa shape index (κ1) is 22.2. The van der Waals surface area contributed by atoms with Gasteiger partial charge in [-0.25, -0.2) is 13.2 Å². The van der Waals surface area contributed by atoms with Gasteiger partial charge in [0.05, 0.1) is 29.5 Å². The van der Waals surface area contributed by atoms with Crippen molar-refractivity contribution in [3.8, 4) is 6.07 Å². The van der Waals surface area contributed by atoms with Gasteiger partial charge in [-0.15, -0.1) is 4.40 Å². The summed E-state index contributed by atoms with van der Waals surface area (Å²) >= 11 is 1.18. The summed E-state index contributed by atoms with van der Waals surface area (Å²) in [5, 5.41) is 9.99. The van der Waals surface area contributed by atoms with Crippen LogP contribution < -0.4 is 4.90 Å². The quantitative estimate of drug-likeness (QED) is 0.378. The highest BCUT2D eigenvalue weighted by molar-refractivity contribution is 8.15. The first-order valence-electron chi connectivity index (χ1n) is 10.4. The minimum absolute atomic E-state index is 0.0602. The Morgan fingerprint density at radius 2 is 2.03 bits per heavy atom. The molecule has 2 aliphatic rings. The first-order valence-corrected chi connectivity index (χ1v) is 12.9. The second-order valence-electron chi connectivity index (χ2n) is 7.76. The lowest BCUT2D eigenvalue weighted by Gasteiger charge is -2.22. The van der Waals surface area contributed by atoms with Gasteiger partial charge in [-0.2, -0.15) is 5.26 Å². The fraction of sp³-hybridized carbons (Fsp3) is 0.217. The molecule has 9 nitrogen and oxygen atoms in total. The normalized spacial score (nSPS) is 15.9. The van der Waals surface area contributed by atoms with E-state index in [1.165, 1.54) is 11.8 Å². The number of hydrogen-bond donors (Lipinski definition) is 0. The van der Waals surface area contributed by atoms with Crippen LogP contribution in [0.2, 0.25) is 0 Å². The summed E-state index contributed by atoms with van der Waals surface area (Å²) in [6, 6.07) is 14.4. The Bertz CT molecular complexity index is 1520. The lowest BCUT2D eigenvalue weighted by molar-refractivity contribution is 0.0475. The van der Waals surface area contributed by atoms with Crippen LogP contribution in [0.25, 0.3) is 10.9 Å². The molecule has 0 spiro atoms. The molecule has 0 aliphatic carbocycles. The van der Waals surface area contributed by atoms with Gasteiger partial charge >= 0.3 is 5.97 Å². The molecular weight excluding hydrogens is 476 g/mol. The number of sulfonamides is 1. The number of nitriles is 1. The van der Waals surface area contributed by atoms with Crippen LogP contribution in [0.4, 0.5) is 5.69 Å². The lowest BCUT2D eigenvalue weighted by atomic mass is 10.1. The van der Waals surface area contributed by atoms with Crippen LogP contribution in [0.15, 0.2) is 58.0 Å². The third kappa shape index (κ3) is 4.06. The van der Waals surface area contributed by atoms with Crippen molar-refractivity contribution in [2.75, 3.05) is 23.8 Å². The molecule has 0 atom stereocenters. The Morgan fingerprint density at radius 1 is 1.21 bits per heavy atom. The zero-order chi connectivity index (χ0) is 23.9. The molecule has 0 bridgehead atoms. The molecule has 1 aromatic heterocycles. The predicted molar refractivity (Wildman–Crippen MR) is 128 cm³/mol. The Hall–Kier alpha value is -3.62. The Balaban J connectivity index is 1.31. The summed E-state index contributed by atoms with van der Waals surface area (Å²) in [4.78, 5) is 28.0. The van der Waals surface area contributed by atoms with Gasteiger partial charge in [0.1, 0.15) is 0 Å². The van der Waals surface area contributed by atoms with Crippen LogP contribution in [0.3, 0.4) is 0 Å². The van der Waals surface area contributed by atoms with E-state index in [4.69, 9.17) is 10.00 Å². The number of esters is 1. The molecule has 0 saturated heterocycles. The number of para-hydroxylation sites is 1. The van der Waals surface area contributed by atoms with E-state index >= 15 is 0 Å². The lowest BCUT2D eigenvalue weighted by Crippen LogP contribution is -2.35. The number of aryl methyl sites for hydroxylation is 1. The van der Waals surface area contributed by atoms with Crippen molar-refractivity contribution in [2.45, 2.75) is 17.9 Å². The maximum atomic E-state index is 12.9. The van der Waals surface area contributed by atoms with Gasteiger partial charge in [-0.05, 0) is 36.0 Å². The second kappa shape index (κ2) is 8.62. The molecule has 2 aromatic carbocycles. The standard InChI is InChI=1S/C23H18N4O5S2/c24-8-3-9-26-13-17(16-4-1-2-5-18(16)26)20(28)14-32-22(29)15-6-7-19-21(12-15)33-23-25-34(30,31)11-10-27(19)23/h1-2,4-7,12-13H,3,9-11,14H2. The van der Waals surface area contributed by atoms with E-state index in [0.29, 0.717) is 35.1 Å². The largest absolute Gasteiger partial charge is 0.454 e. The van der Waals surface area contributed by atoms with Gasteiger partial charge in [0, 0.05) is 40.6 Å². The number of rotatable bonds is 6. The molecule has 0 fully saturated rings. The number of ether oxygens (including phenoxy) is 1. The van der Waals surface area contributed by atoms with Gasteiger partial charge in [0.2, 0.25) is 5.78 Å². The summed E-state index contributed by atoms with van der Waals surface area (Å²) in [7, 11) is -3.47.